The van der Waals surface area contributed by atoms with Gasteiger partial charge in [0.1, 0.15) is 6.54 Å². The van der Waals surface area contributed by atoms with Crippen molar-refractivity contribution < 1.29 is 14.3 Å². The highest BCUT2D eigenvalue weighted by Crippen LogP contribution is 2.35. The second-order valence-electron chi connectivity index (χ2n) is 9.52. The van der Waals surface area contributed by atoms with E-state index in [-0.39, 0.29) is 30.6 Å². The maximum Gasteiger partial charge on any atom is 0.318 e. The van der Waals surface area contributed by atoms with E-state index in [2.05, 4.69) is 10.2 Å². The van der Waals surface area contributed by atoms with Crippen LogP contribution in [0.3, 0.4) is 0 Å². The molecule has 1 saturated heterocycles. The van der Waals surface area contributed by atoms with Crippen molar-refractivity contribution in [3.63, 3.8) is 0 Å². The molecule has 1 fully saturated rings. The summed E-state index contributed by atoms with van der Waals surface area (Å²) in [6.45, 7) is 7.76. The van der Waals surface area contributed by atoms with Crippen molar-refractivity contribution in [2.24, 2.45) is 5.10 Å². The fourth-order valence-electron chi connectivity index (χ4n) is 4.46. The molecule has 1 atom stereocenters. The summed E-state index contributed by atoms with van der Waals surface area (Å²) in [5, 5.41) is 10.3. The molecule has 0 saturated carbocycles. The van der Waals surface area contributed by atoms with Crippen LogP contribution in [0.5, 0.6) is 0 Å². The fraction of sp³-hybridized carbons (Fsp3) is 0.444. The lowest BCUT2D eigenvalue weighted by molar-refractivity contribution is -0.133. The lowest BCUT2D eigenvalue weighted by atomic mass is 9.98. The number of rotatable bonds is 8. The van der Waals surface area contributed by atoms with E-state index in [1.807, 2.05) is 50.2 Å². The number of nitrogens with zero attached hydrogens (tertiary/aromatic N) is 4. The van der Waals surface area contributed by atoms with Crippen molar-refractivity contribution in [3.8, 4) is 0 Å². The first-order chi connectivity index (χ1) is 17.8. The molecule has 2 aliphatic heterocycles. The highest BCUT2D eigenvalue weighted by molar-refractivity contribution is 6.34. The Morgan fingerprint density at radius 1 is 1.11 bits per heavy atom. The number of ether oxygens (including phenoxy) is 1. The summed E-state index contributed by atoms with van der Waals surface area (Å²) in [7, 11) is 0. The number of hydrogen-bond acceptors (Lipinski definition) is 5. The Balaban J connectivity index is 1.56. The molecular weight excluding hydrogens is 513 g/mol. The molecule has 198 valence electrons. The molecule has 0 aromatic heterocycles. The van der Waals surface area contributed by atoms with Gasteiger partial charge in [0.2, 0.25) is 0 Å². The number of urea groups is 1. The Bertz CT molecular complexity index is 1120. The van der Waals surface area contributed by atoms with E-state index in [1.54, 1.807) is 17.0 Å². The third kappa shape index (κ3) is 7.23. The average molecular weight is 546 g/mol. The zero-order valence-corrected chi connectivity index (χ0v) is 22.7. The molecule has 37 heavy (non-hydrogen) atoms. The minimum atomic E-state index is -0.328. The molecule has 2 heterocycles. The molecule has 8 nitrogen and oxygen atoms in total. The molecule has 1 N–H and O–H groups in total. The third-order valence-electron chi connectivity index (χ3n) is 6.42. The summed E-state index contributed by atoms with van der Waals surface area (Å²) in [4.78, 5) is 30.6. The second kappa shape index (κ2) is 12.7. The highest BCUT2D eigenvalue weighted by atomic mass is 35.5. The Hall–Kier alpha value is -2.65. The number of hydrogen-bond donors (Lipinski definition) is 1. The fourth-order valence-corrected chi connectivity index (χ4v) is 4.83. The quantitative estimate of drug-likeness (QED) is 0.532. The Morgan fingerprint density at radius 3 is 2.49 bits per heavy atom. The van der Waals surface area contributed by atoms with E-state index in [0.717, 1.165) is 29.9 Å². The number of hydrazone groups is 1. The second-order valence-corrected chi connectivity index (χ2v) is 10.4. The van der Waals surface area contributed by atoms with Crippen LogP contribution < -0.4 is 5.32 Å². The largest absolute Gasteiger partial charge is 0.379 e. The number of carbonyl (C=O) groups is 2. The lowest BCUT2D eigenvalue weighted by Crippen LogP contribution is -2.50. The van der Waals surface area contributed by atoms with Crippen LogP contribution >= 0.6 is 23.2 Å². The monoisotopic (exact) mass is 545 g/mol. The number of morpholine rings is 1. The van der Waals surface area contributed by atoms with Crippen LogP contribution in [-0.4, -0.2) is 84.4 Å². The molecule has 4 rings (SSSR count). The van der Waals surface area contributed by atoms with Gasteiger partial charge in [0, 0.05) is 54.3 Å². The number of carbonyl (C=O) groups excluding carboxylic acids is 2. The molecule has 0 radical (unpaired) electrons. The van der Waals surface area contributed by atoms with E-state index in [9.17, 15) is 9.59 Å². The summed E-state index contributed by atoms with van der Waals surface area (Å²) in [6, 6.07) is 14.2. The molecular formula is C27H33Cl2N5O3. The van der Waals surface area contributed by atoms with Gasteiger partial charge in [0.25, 0.3) is 5.91 Å². The molecule has 2 aliphatic rings. The van der Waals surface area contributed by atoms with Crippen molar-refractivity contribution in [1.29, 1.82) is 0 Å². The molecule has 3 amide bonds. The van der Waals surface area contributed by atoms with Crippen LogP contribution in [0.25, 0.3) is 0 Å². The highest BCUT2D eigenvalue weighted by Gasteiger charge is 2.35. The average Bonchev–Trinajstić information content (AvgIpc) is 3.32. The summed E-state index contributed by atoms with van der Waals surface area (Å²) >= 11 is 12.6. The topological polar surface area (TPSA) is 77.5 Å². The van der Waals surface area contributed by atoms with Gasteiger partial charge in [-0.3, -0.25) is 9.69 Å². The Kier molecular flexibility index (Phi) is 9.43. The van der Waals surface area contributed by atoms with Crippen LogP contribution in [0.1, 0.15) is 37.4 Å². The van der Waals surface area contributed by atoms with Crippen molar-refractivity contribution in [2.75, 3.05) is 45.9 Å². The van der Waals surface area contributed by atoms with Gasteiger partial charge in [0.15, 0.2) is 0 Å². The van der Waals surface area contributed by atoms with E-state index >= 15 is 0 Å². The van der Waals surface area contributed by atoms with Crippen molar-refractivity contribution >= 4 is 40.9 Å². The molecule has 2 aromatic carbocycles. The van der Waals surface area contributed by atoms with Crippen LogP contribution in [0, 0.1) is 0 Å². The molecule has 0 unspecified atom stereocenters. The molecule has 0 bridgehead atoms. The predicted octanol–water partition coefficient (Wildman–Crippen LogP) is 4.42. The Morgan fingerprint density at radius 2 is 1.81 bits per heavy atom. The van der Waals surface area contributed by atoms with E-state index < -0.39 is 0 Å². The standard InChI is InChI=1S/C27H33Cl2N5O3/c1-19(2)30-27(36)33(12-11-32-13-15-37-16-14-32)18-26(35)34-25(20-7-9-21(28)10-8-20)17-24(31-34)22-5-3-4-6-23(22)29/h3-10,19,25H,11-18H2,1-2H3,(H,30,36)/t25-/m0/s1. The van der Waals surface area contributed by atoms with Gasteiger partial charge in [-0.15, -0.1) is 0 Å². The zero-order chi connectivity index (χ0) is 26.4. The molecule has 0 spiro atoms. The third-order valence-corrected chi connectivity index (χ3v) is 7.00. The van der Waals surface area contributed by atoms with Gasteiger partial charge in [-0.2, -0.15) is 5.10 Å². The van der Waals surface area contributed by atoms with Crippen molar-refractivity contribution in [3.05, 3.63) is 69.7 Å². The maximum atomic E-state index is 13.7. The lowest BCUT2D eigenvalue weighted by Gasteiger charge is -2.31. The van der Waals surface area contributed by atoms with Crippen molar-refractivity contribution in [1.82, 2.24) is 20.1 Å². The summed E-state index contributed by atoms with van der Waals surface area (Å²) < 4.78 is 5.43. The first-order valence-corrected chi connectivity index (χ1v) is 13.3. The summed E-state index contributed by atoms with van der Waals surface area (Å²) in [6.07, 6.45) is 0.503. The summed E-state index contributed by atoms with van der Waals surface area (Å²) in [5.41, 5.74) is 2.43. The number of nitrogens with one attached hydrogen (secondary N) is 1. The zero-order valence-electron chi connectivity index (χ0n) is 21.2. The van der Waals surface area contributed by atoms with Gasteiger partial charge in [-0.25, -0.2) is 9.80 Å². The van der Waals surface area contributed by atoms with Gasteiger partial charge >= 0.3 is 6.03 Å². The number of benzene rings is 2. The van der Waals surface area contributed by atoms with Gasteiger partial charge in [-0.05, 0) is 37.6 Å². The summed E-state index contributed by atoms with van der Waals surface area (Å²) in [5.74, 6) is -0.261. The molecule has 10 heteroatoms. The van der Waals surface area contributed by atoms with Crippen LogP contribution in [0.15, 0.2) is 53.6 Å². The van der Waals surface area contributed by atoms with Crippen LogP contribution in [0.2, 0.25) is 10.0 Å². The first kappa shape index (κ1) is 27.4. The number of amides is 3. The minimum Gasteiger partial charge on any atom is -0.379 e. The number of halogens is 2. The van der Waals surface area contributed by atoms with Gasteiger partial charge in [-0.1, -0.05) is 53.5 Å². The van der Waals surface area contributed by atoms with E-state index in [1.165, 1.54) is 5.01 Å². The van der Waals surface area contributed by atoms with Gasteiger partial charge in [0.05, 0.1) is 25.0 Å². The predicted molar refractivity (Wildman–Crippen MR) is 146 cm³/mol. The molecule has 2 aromatic rings. The van der Waals surface area contributed by atoms with E-state index in [0.29, 0.717) is 42.8 Å². The maximum absolute atomic E-state index is 13.7. The van der Waals surface area contributed by atoms with Gasteiger partial charge < -0.3 is 15.0 Å². The minimum absolute atomic E-state index is 0.0491. The van der Waals surface area contributed by atoms with E-state index in [4.69, 9.17) is 33.0 Å². The van der Waals surface area contributed by atoms with Crippen molar-refractivity contribution in [2.45, 2.75) is 32.4 Å². The SMILES string of the molecule is CC(C)NC(=O)N(CCN1CCOCC1)CC(=O)N1N=C(c2ccccc2Cl)C[C@H]1c1ccc(Cl)cc1. The van der Waals surface area contributed by atoms with Crippen LogP contribution in [0.4, 0.5) is 4.79 Å². The normalized spacial score (nSPS) is 18.1. The Labute approximate surface area is 228 Å². The smallest absolute Gasteiger partial charge is 0.318 e. The van der Waals surface area contributed by atoms with Crippen LogP contribution in [-0.2, 0) is 9.53 Å². The molecule has 0 aliphatic carbocycles. The first-order valence-electron chi connectivity index (χ1n) is 12.6.